The van der Waals surface area contributed by atoms with Crippen molar-refractivity contribution in [2.75, 3.05) is 0 Å². The second kappa shape index (κ2) is 7.96. The van der Waals surface area contributed by atoms with Gasteiger partial charge in [-0.1, -0.05) is 0 Å². The molecule has 0 atom stereocenters. The Kier molecular flexibility index (Phi) is 10.5. The van der Waals surface area contributed by atoms with Crippen LogP contribution in [0.25, 0.3) is 0 Å². The Morgan fingerprint density at radius 2 is 0.789 bits per heavy atom. The summed E-state index contributed by atoms with van der Waals surface area (Å²) in [5.41, 5.74) is -0.987. The zero-order valence-electron chi connectivity index (χ0n) is 14.0. The van der Waals surface area contributed by atoms with Crippen LogP contribution in [0.4, 0.5) is 0 Å². The largest absolute Gasteiger partial charge is 2.00 e. The molecule has 0 aromatic heterocycles. The summed E-state index contributed by atoms with van der Waals surface area (Å²) in [6, 6.07) is 0. The molecule has 0 fully saturated rings. The van der Waals surface area contributed by atoms with E-state index in [4.69, 9.17) is 13.3 Å². The Hall–Kier alpha value is 1.15. The minimum absolute atomic E-state index is 0. The van der Waals surface area contributed by atoms with Crippen LogP contribution in [-0.2, 0) is 13.3 Å². The van der Waals surface area contributed by atoms with E-state index < -0.39 is 8.80 Å². The summed E-state index contributed by atoms with van der Waals surface area (Å²) in [5, 5.41) is 0. The monoisotopic (exact) mass is 320 g/mol. The predicted molar refractivity (Wildman–Crippen MR) is 79.4 cm³/mol. The number of hydrogen-bond acceptors (Lipinski definition) is 3. The standard InChI is InChI=1S/C13H29O3Si.ClH.Mg/c1-11(2,3)14-17(10,15-12(4,5)6)16-13(7,8)9;;/h10H2,1-9H3;1H;/q-1;;+2/p-1. The van der Waals surface area contributed by atoms with Crippen molar-refractivity contribution in [3.63, 3.8) is 0 Å². The minimum atomic E-state index is -2.91. The molecular weight excluding hydrogens is 292 g/mol. The SMILES string of the molecule is [CH2-][Si](OC(C)(C)C)(OC(C)(C)C)OC(C)(C)C.[Cl-].[Mg+2]. The minimum Gasteiger partial charge on any atom is -1.00 e. The fourth-order valence-electron chi connectivity index (χ4n) is 1.46. The van der Waals surface area contributed by atoms with Gasteiger partial charge in [0.2, 0.25) is 0 Å². The maximum Gasteiger partial charge on any atom is 2.00 e. The van der Waals surface area contributed by atoms with Crippen LogP contribution in [0.1, 0.15) is 62.3 Å². The molecule has 0 saturated heterocycles. The van der Waals surface area contributed by atoms with Gasteiger partial charge in [0.15, 0.2) is 0 Å². The summed E-state index contributed by atoms with van der Waals surface area (Å²) in [7, 11) is -2.91. The smallest absolute Gasteiger partial charge is 1.00 e. The molecule has 0 aliphatic heterocycles. The average molecular weight is 321 g/mol. The van der Waals surface area contributed by atoms with Gasteiger partial charge >= 0.3 is 31.9 Å². The normalized spacial score (nSPS) is 13.6. The molecule has 0 saturated carbocycles. The van der Waals surface area contributed by atoms with E-state index in [9.17, 15) is 0 Å². The molecule has 0 aromatic carbocycles. The molecule has 0 aliphatic carbocycles. The molecule has 0 rings (SSSR count). The van der Waals surface area contributed by atoms with Gasteiger partial charge < -0.3 is 25.7 Å². The maximum atomic E-state index is 5.96. The first kappa shape index (κ1) is 25.1. The zero-order valence-corrected chi connectivity index (χ0v) is 17.2. The van der Waals surface area contributed by atoms with Crippen molar-refractivity contribution in [3.05, 3.63) is 6.55 Å². The Morgan fingerprint density at radius 1 is 0.632 bits per heavy atom. The first-order valence-electron chi connectivity index (χ1n) is 6.08. The molecule has 0 aliphatic rings. The van der Waals surface area contributed by atoms with Crippen molar-refractivity contribution in [2.24, 2.45) is 0 Å². The van der Waals surface area contributed by atoms with Gasteiger partial charge in [-0.2, -0.15) is 0 Å². The third-order valence-corrected chi connectivity index (χ3v) is 4.16. The molecule has 0 amide bonds. The molecule has 0 spiro atoms. The van der Waals surface area contributed by atoms with E-state index >= 15 is 0 Å². The van der Waals surface area contributed by atoms with E-state index in [1.165, 1.54) is 0 Å². The van der Waals surface area contributed by atoms with Gasteiger partial charge in [-0.3, -0.25) is 6.55 Å². The van der Waals surface area contributed by atoms with Crippen molar-refractivity contribution in [1.82, 2.24) is 0 Å². The summed E-state index contributed by atoms with van der Waals surface area (Å²) >= 11 is 0. The van der Waals surface area contributed by atoms with E-state index in [0.717, 1.165) is 0 Å². The average Bonchev–Trinajstić information content (AvgIpc) is 1.65. The number of halogens is 1. The Labute approximate surface area is 143 Å². The van der Waals surface area contributed by atoms with Crippen LogP contribution >= 0.6 is 0 Å². The summed E-state index contributed by atoms with van der Waals surface area (Å²) in [4.78, 5) is 0. The molecule has 0 aromatic rings. The van der Waals surface area contributed by atoms with Gasteiger partial charge in [0.25, 0.3) is 0 Å². The Morgan fingerprint density at radius 3 is 0.895 bits per heavy atom. The van der Waals surface area contributed by atoms with Crippen LogP contribution in [0.5, 0.6) is 0 Å². The zero-order chi connectivity index (χ0) is 14.1. The van der Waals surface area contributed by atoms with Crippen molar-refractivity contribution in [1.29, 1.82) is 0 Å². The van der Waals surface area contributed by atoms with Crippen LogP contribution in [0, 0.1) is 6.55 Å². The van der Waals surface area contributed by atoms with Gasteiger partial charge in [-0.25, -0.2) is 0 Å². The summed E-state index contributed by atoms with van der Waals surface area (Å²) in [5.74, 6) is 0. The van der Waals surface area contributed by atoms with Crippen LogP contribution in [-0.4, -0.2) is 48.7 Å². The topological polar surface area (TPSA) is 27.7 Å². The van der Waals surface area contributed by atoms with E-state index in [2.05, 4.69) is 6.55 Å². The molecule has 0 radical (unpaired) electrons. The van der Waals surface area contributed by atoms with E-state index in [0.29, 0.717) is 0 Å². The summed E-state index contributed by atoms with van der Waals surface area (Å²) < 4.78 is 17.9. The summed E-state index contributed by atoms with van der Waals surface area (Å²) in [6.45, 7) is 22.0. The van der Waals surface area contributed by atoms with E-state index in [1.54, 1.807) is 0 Å². The first-order valence-corrected chi connectivity index (χ1v) is 8.01. The van der Waals surface area contributed by atoms with Crippen molar-refractivity contribution < 1.29 is 25.7 Å². The van der Waals surface area contributed by atoms with Gasteiger partial charge in [-0.15, -0.1) is 0 Å². The number of rotatable bonds is 3. The first-order chi connectivity index (χ1) is 7.12. The van der Waals surface area contributed by atoms with Crippen molar-refractivity contribution in [2.45, 2.75) is 79.1 Å². The molecule has 0 unspecified atom stereocenters. The molecule has 0 N–H and O–H groups in total. The van der Waals surface area contributed by atoms with Gasteiger partial charge in [0, 0.05) is 0 Å². The van der Waals surface area contributed by atoms with Crippen molar-refractivity contribution >= 4 is 31.9 Å². The molecule has 0 heterocycles. The second-order valence-electron chi connectivity index (χ2n) is 7.33. The van der Waals surface area contributed by atoms with E-state index in [1.807, 2.05) is 62.3 Å². The van der Waals surface area contributed by atoms with Gasteiger partial charge in [-0.05, 0) is 62.3 Å². The van der Waals surface area contributed by atoms with Crippen LogP contribution in [0.2, 0.25) is 0 Å². The third kappa shape index (κ3) is 15.4. The fraction of sp³-hybridized carbons (Fsp3) is 0.923. The number of hydrogen-bond donors (Lipinski definition) is 0. The molecule has 19 heavy (non-hydrogen) atoms. The molecule has 6 heteroatoms. The van der Waals surface area contributed by atoms with E-state index in [-0.39, 0.29) is 52.3 Å². The Balaban J connectivity index is -0.00000128. The van der Waals surface area contributed by atoms with Crippen LogP contribution < -0.4 is 12.4 Å². The second-order valence-corrected chi connectivity index (χ2v) is 9.30. The van der Waals surface area contributed by atoms with Crippen LogP contribution in [0.3, 0.4) is 0 Å². The quantitative estimate of drug-likeness (QED) is 0.555. The van der Waals surface area contributed by atoms with Gasteiger partial charge in [0.1, 0.15) is 0 Å². The third-order valence-electron chi connectivity index (χ3n) is 1.39. The summed E-state index contributed by atoms with van der Waals surface area (Å²) in [6.07, 6.45) is 0. The van der Waals surface area contributed by atoms with Crippen molar-refractivity contribution in [3.8, 4) is 0 Å². The fourth-order valence-corrected chi connectivity index (χ4v) is 4.39. The predicted octanol–water partition coefficient (Wildman–Crippen LogP) is 0.367. The maximum absolute atomic E-state index is 5.96. The van der Waals surface area contributed by atoms with Gasteiger partial charge in [0.05, 0.1) is 16.8 Å². The van der Waals surface area contributed by atoms with Crippen LogP contribution in [0.15, 0.2) is 0 Å². The molecule has 0 bridgehead atoms. The molecular formula is C13H29ClMgO3Si. The Bertz CT molecular complexity index is 213. The molecule has 3 nitrogen and oxygen atoms in total. The molecule has 112 valence electrons.